The van der Waals surface area contributed by atoms with E-state index in [9.17, 15) is 0 Å². The first-order valence-electron chi connectivity index (χ1n) is 10.4. The highest BCUT2D eigenvalue weighted by Gasteiger charge is 2.23. The molecule has 32 heavy (non-hydrogen) atoms. The van der Waals surface area contributed by atoms with Crippen LogP contribution < -0.4 is 0 Å². The molecular formula is C26H16N6. The van der Waals surface area contributed by atoms with Crippen molar-refractivity contribution in [2.45, 2.75) is 0 Å². The zero-order chi connectivity index (χ0) is 21.1. The molecule has 0 aliphatic rings. The minimum atomic E-state index is 0.797. The molecule has 4 aromatic heterocycles. The third-order valence-corrected chi connectivity index (χ3v) is 5.98. The highest BCUT2D eigenvalue weighted by atomic mass is 15.2. The zero-order valence-electron chi connectivity index (χ0n) is 16.9. The number of benzene rings is 3. The summed E-state index contributed by atoms with van der Waals surface area (Å²) in [5, 5.41) is 11.5. The van der Waals surface area contributed by atoms with E-state index >= 15 is 0 Å². The number of nitrogens with zero attached hydrogens (tertiary/aromatic N) is 6. The van der Waals surface area contributed by atoms with E-state index in [2.05, 4.69) is 73.7 Å². The lowest BCUT2D eigenvalue weighted by Crippen LogP contribution is -2.01. The second-order valence-corrected chi connectivity index (χ2v) is 7.70. The van der Waals surface area contributed by atoms with Gasteiger partial charge in [0, 0.05) is 22.7 Å². The molecule has 6 nitrogen and oxygen atoms in total. The summed E-state index contributed by atoms with van der Waals surface area (Å²) < 4.78 is 4.44. The van der Waals surface area contributed by atoms with E-state index in [0.29, 0.717) is 0 Å². The van der Waals surface area contributed by atoms with Crippen LogP contribution >= 0.6 is 0 Å². The number of rotatable bonds is 2. The second-order valence-electron chi connectivity index (χ2n) is 7.70. The van der Waals surface area contributed by atoms with Gasteiger partial charge in [0.05, 0.1) is 11.0 Å². The Bertz CT molecular complexity index is 1630. The number of fused-ring (bicyclic) bond motifs is 7. The van der Waals surface area contributed by atoms with Crippen molar-refractivity contribution in [2.24, 2.45) is 0 Å². The molecule has 0 N–H and O–H groups in total. The van der Waals surface area contributed by atoms with E-state index in [1.54, 1.807) is 12.5 Å². The van der Waals surface area contributed by atoms with Crippen molar-refractivity contribution >= 4 is 43.9 Å². The largest absolute Gasteiger partial charge is 0.306 e. The fraction of sp³-hybridized carbons (Fsp3) is 0. The maximum Gasteiger partial charge on any atom is 0.141 e. The van der Waals surface area contributed by atoms with Crippen LogP contribution in [0.5, 0.6) is 0 Å². The summed E-state index contributed by atoms with van der Waals surface area (Å²) in [7, 11) is 0. The predicted molar refractivity (Wildman–Crippen MR) is 126 cm³/mol. The van der Waals surface area contributed by atoms with Gasteiger partial charge in [0.25, 0.3) is 0 Å². The summed E-state index contributed by atoms with van der Waals surface area (Å²) in [5.74, 6) is 0.797. The third kappa shape index (κ3) is 2.23. The zero-order valence-corrected chi connectivity index (χ0v) is 16.9. The van der Waals surface area contributed by atoms with Gasteiger partial charge in [-0.2, -0.15) is 0 Å². The summed E-state index contributed by atoms with van der Waals surface area (Å²) in [6.07, 6.45) is 3.34. The van der Waals surface area contributed by atoms with Crippen molar-refractivity contribution in [3.05, 3.63) is 97.5 Å². The van der Waals surface area contributed by atoms with Crippen molar-refractivity contribution in [1.29, 1.82) is 0 Å². The Balaban J connectivity index is 1.81. The van der Waals surface area contributed by atoms with Crippen LogP contribution in [0.3, 0.4) is 0 Å². The molecule has 7 aromatic rings. The molecule has 0 amide bonds. The first kappa shape index (κ1) is 17.1. The quantitative estimate of drug-likeness (QED) is 0.378. The minimum Gasteiger partial charge on any atom is -0.306 e. The average molecular weight is 412 g/mol. The number of para-hydroxylation sites is 3. The Kier molecular flexibility index (Phi) is 3.46. The molecule has 0 spiro atoms. The maximum atomic E-state index is 4.72. The minimum absolute atomic E-state index is 0.797. The smallest absolute Gasteiger partial charge is 0.141 e. The molecule has 0 saturated heterocycles. The predicted octanol–water partition coefficient (Wildman–Crippen LogP) is 5.46. The van der Waals surface area contributed by atoms with Crippen LogP contribution in [0.25, 0.3) is 55.4 Å². The van der Waals surface area contributed by atoms with Gasteiger partial charge in [0.2, 0.25) is 0 Å². The Labute approximate surface area is 182 Å². The van der Waals surface area contributed by atoms with E-state index in [1.807, 2.05) is 30.3 Å². The first-order chi connectivity index (χ1) is 15.9. The van der Waals surface area contributed by atoms with Crippen LogP contribution in [-0.2, 0) is 0 Å². The normalized spacial score (nSPS) is 11.8. The van der Waals surface area contributed by atoms with Gasteiger partial charge in [-0.3, -0.25) is 4.57 Å². The summed E-state index contributed by atoms with van der Waals surface area (Å²) in [6, 6.07) is 28.9. The van der Waals surface area contributed by atoms with Crippen molar-refractivity contribution in [3.63, 3.8) is 0 Å². The van der Waals surface area contributed by atoms with Crippen molar-refractivity contribution < 1.29 is 0 Å². The Morgan fingerprint density at radius 2 is 1.16 bits per heavy atom. The summed E-state index contributed by atoms with van der Waals surface area (Å²) in [5.41, 5.74) is 6.92. The third-order valence-electron chi connectivity index (χ3n) is 5.98. The monoisotopic (exact) mass is 412 g/mol. The SMILES string of the molecule is c1ccc(-n2c3ccccc3c3nnc4c5ccccc5n(-c5ccncn5)c4c32)cc1. The molecule has 0 atom stereocenters. The molecule has 3 aromatic carbocycles. The highest BCUT2D eigenvalue weighted by molar-refractivity contribution is 6.20. The highest BCUT2D eigenvalue weighted by Crippen LogP contribution is 2.38. The van der Waals surface area contributed by atoms with Gasteiger partial charge in [0.1, 0.15) is 34.2 Å². The summed E-state index contributed by atoms with van der Waals surface area (Å²) >= 11 is 0. The standard InChI is InChI=1S/C26H16N6/c1-2-8-17(9-3-1)31-20-12-6-4-10-18(20)23-25(31)26-24(30-29-23)19-11-5-7-13-21(19)32(26)22-14-15-27-16-28-22/h1-16H. The van der Waals surface area contributed by atoms with Crippen LogP contribution in [-0.4, -0.2) is 29.3 Å². The fourth-order valence-electron chi connectivity index (χ4n) is 4.68. The molecule has 0 bridgehead atoms. The van der Waals surface area contributed by atoms with Crippen molar-refractivity contribution in [3.8, 4) is 11.5 Å². The number of hydrogen-bond donors (Lipinski definition) is 0. The average Bonchev–Trinajstić information content (AvgIpc) is 3.38. The molecule has 0 aliphatic carbocycles. The molecule has 0 fully saturated rings. The van der Waals surface area contributed by atoms with Gasteiger partial charge in [-0.15, -0.1) is 10.2 Å². The van der Waals surface area contributed by atoms with E-state index in [0.717, 1.165) is 55.4 Å². The number of hydrogen-bond acceptors (Lipinski definition) is 4. The molecule has 0 saturated carbocycles. The summed E-state index contributed by atoms with van der Waals surface area (Å²) in [4.78, 5) is 8.70. The van der Waals surface area contributed by atoms with E-state index in [-0.39, 0.29) is 0 Å². The first-order valence-corrected chi connectivity index (χ1v) is 10.4. The fourth-order valence-corrected chi connectivity index (χ4v) is 4.68. The van der Waals surface area contributed by atoms with Crippen molar-refractivity contribution in [2.75, 3.05) is 0 Å². The number of aromatic nitrogens is 6. The Hall–Kier alpha value is -4.58. The molecule has 4 heterocycles. The molecule has 150 valence electrons. The maximum absolute atomic E-state index is 4.72. The van der Waals surface area contributed by atoms with Gasteiger partial charge in [0.15, 0.2) is 0 Å². The topological polar surface area (TPSA) is 61.4 Å². The van der Waals surface area contributed by atoms with Crippen LogP contribution in [0.15, 0.2) is 97.5 Å². The summed E-state index contributed by atoms with van der Waals surface area (Å²) in [6.45, 7) is 0. The van der Waals surface area contributed by atoms with Gasteiger partial charge in [-0.05, 0) is 30.3 Å². The Morgan fingerprint density at radius 3 is 1.81 bits per heavy atom. The van der Waals surface area contributed by atoms with E-state index in [4.69, 9.17) is 10.2 Å². The van der Waals surface area contributed by atoms with Crippen LogP contribution in [0.1, 0.15) is 0 Å². The molecular weight excluding hydrogens is 396 g/mol. The van der Waals surface area contributed by atoms with Crippen LogP contribution in [0.4, 0.5) is 0 Å². The van der Waals surface area contributed by atoms with E-state index in [1.165, 1.54) is 0 Å². The van der Waals surface area contributed by atoms with Gasteiger partial charge >= 0.3 is 0 Å². The van der Waals surface area contributed by atoms with Gasteiger partial charge < -0.3 is 4.57 Å². The van der Waals surface area contributed by atoms with Crippen LogP contribution in [0.2, 0.25) is 0 Å². The lowest BCUT2D eigenvalue weighted by molar-refractivity contribution is 1.03. The lowest BCUT2D eigenvalue weighted by atomic mass is 10.2. The molecule has 0 aliphatic heterocycles. The molecule has 7 rings (SSSR count). The molecule has 0 radical (unpaired) electrons. The molecule has 0 unspecified atom stereocenters. The van der Waals surface area contributed by atoms with Crippen LogP contribution in [0, 0.1) is 0 Å². The van der Waals surface area contributed by atoms with Crippen molar-refractivity contribution in [1.82, 2.24) is 29.3 Å². The van der Waals surface area contributed by atoms with Gasteiger partial charge in [-0.25, -0.2) is 9.97 Å². The van der Waals surface area contributed by atoms with Gasteiger partial charge in [-0.1, -0.05) is 54.6 Å². The Morgan fingerprint density at radius 1 is 0.562 bits per heavy atom. The van der Waals surface area contributed by atoms with E-state index < -0.39 is 0 Å². The lowest BCUT2D eigenvalue weighted by Gasteiger charge is -2.10. The second kappa shape index (κ2) is 6.46. The molecule has 6 heteroatoms.